The van der Waals surface area contributed by atoms with E-state index in [2.05, 4.69) is 54.6 Å². The first-order valence-electron chi connectivity index (χ1n) is 6.89. The summed E-state index contributed by atoms with van der Waals surface area (Å²) in [4.78, 5) is 12.7. The summed E-state index contributed by atoms with van der Waals surface area (Å²) in [6, 6.07) is 0. The number of rotatable bonds is 3. The van der Waals surface area contributed by atoms with Crippen LogP contribution in [0, 0.1) is 5.41 Å². The van der Waals surface area contributed by atoms with E-state index in [4.69, 9.17) is 4.43 Å². The average molecular weight is 287 g/mol. The standard InChI is InChI=1S/C14H29NO3Si/c1-12(2,3)14(9-15(14)11(16)17)10-18-19(7,8)13(4,5)6/h9-10H2,1-8H3,(H,16,17)/t14-,15?/m1/s1. The molecule has 1 heterocycles. The van der Waals surface area contributed by atoms with E-state index in [-0.39, 0.29) is 16.0 Å². The molecule has 4 nitrogen and oxygen atoms in total. The lowest BCUT2D eigenvalue weighted by atomic mass is 9.80. The van der Waals surface area contributed by atoms with Crippen LogP contribution in [0.5, 0.6) is 0 Å². The Morgan fingerprint density at radius 3 is 2.00 bits per heavy atom. The van der Waals surface area contributed by atoms with Crippen LogP contribution in [0.1, 0.15) is 41.5 Å². The van der Waals surface area contributed by atoms with Crippen molar-refractivity contribution in [3.8, 4) is 0 Å². The minimum Gasteiger partial charge on any atom is -0.465 e. The lowest BCUT2D eigenvalue weighted by molar-refractivity contribution is 0.113. The van der Waals surface area contributed by atoms with Gasteiger partial charge in [0, 0.05) is 0 Å². The fourth-order valence-electron chi connectivity index (χ4n) is 1.98. The van der Waals surface area contributed by atoms with Gasteiger partial charge in [-0.05, 0) is 23.5 Å². The molecule has 19 heavy (non-hydrogen) atoms. The molecule has 0 radical (unpaired) electrons. The Hall–Kier alpha value is -0.553. The molecule has 0 aromatic carbocycles. The number of hydrogen-bond acceptors (Lipinski definition) is 2. The highest BCUT2D eigenvalue weighted by atomic mass is 28.4. The SMILES string of the molecule is CC(C)(C)[C@]1(CO[Si](C)(C)C(C)(C)C)CN1C(=O)O. The molecule has 0 unspecified atom stereocenters. The lowest BCUT2D eigenvalue weighted by Gasteiger charge is -2.39. The fourth-order valence-corrected chi connectivity index (χ4v) is 3.01. The molecule has 0 bridgehead atoms. The zero-order valence-electron chi connectivity index (χ0n) is 13.6. The Kier molecular flexibility index (Phi) is 3.89. The maximum atomic E-state index is 11.2. The number of amides is 1. The summed E-state index contributed by atoms with van der Waals surface area (Å²) in [6.07, 6.45) is -0.839. The van der Waals surface area contributed by atoms with Gasteiger partial charge in [0.15, 0.2) is 8.32 Å². The quantitative estimate of drug-likeness (QED) is 0.634. The summed E-state index contributed by atoms with van der Waals surface area (Å²) in [5, 5.41) is 9.37. The van der Waals surface area contributed by atoms with E-state index < -0.39 is 14.4 Å². The summed E-state index contributed by atoms with van der Waals surface area (Å²) in [5.74, 6) is 0. The van der Waals surface area contributed by atoms with E-state index in [1.54, 1.807) is 0 Å². The fraction of sp³-hybridized carbons (Fsp3) is 0.929. The Morgan fingerprint density at radius 1 is 1.26 bits per heavy atom. The number of hydrogen-bond donors (Lipinski definition) is 1. The zero-order valence-corrected chi connectivity index (χ0v) is 14.6. The molecule has 1 aliphatic heterocycles. The first-order valence-corrected chi connectivity index (χ1v) is 9.80. The van der Waals surface area contributed by atoms with Gasteiger partial charge in [0.2, 0.25) is 0 Å². The second-order valence-electron chi connectivity index (χ2n) is 8.20. The molecule has 5 heteroatoms. The van der Waals surface area contributed by atoms with Crippen molar-refractivity contribution >= 4 is 14.4 Å². The topological polar surface area (TPSA) is 49.5 Å². The molecular formula is C14H29NO3Si. The zero-order chi connectivity index (χ0) is 15.3. The van der Waals surface area contributed by atoms with Crippen molar-refractivity contribution in [3.63, 3.8) is 0 Å². The summed E-state index contributed by atoms with van der Waals surface area (Å²) in [7, 11) is -1.84. The Bertz CT molecular complexity index is 368. The predicted octanol–water partition coefficient (Wildman–Crippen LogP) is 3.79. The molecule has 1 amide bonds. The molecule has 0 aromatic heterocycles. The average Bonchev–Trinajstić information content (AvgIpc) is 2.87. The van der Waals surface area contributed by atoms with Gasteiger partial charge in [-0.2, -0.15) is 0 Å². The predicted molar refractivity (Wildman–Crippen MR) is 80.1 cm³/mol. The third-order valence-electron chi connectivity index (χ3n) is 4.94. The summed E-state index contributed by atoms with van der Waals surface area (Å²) >= 11 is 0. The van der Waals surface area contributed by atoms with Crippen LogP contribution in [0.4, 0.5) is 4.79 Å². The van der Waals surface area contributed by atoms with E-state index >= 15 is 0 Å². The second kappa shape index (κ2) is 4.48. The monoisotopic (exact) mass is 287 g/mol. The van der Waals surface area contributed by atoms with Crippen molar-refractivity contribution in [2.45, 2.75) is 65.2 Å². The van der Waals surface area contributed by atoms with E-state index in [9.17, 15) is 9.90 Å². The van der Waals surface area contributed by atoms with E-state index in [0.717, 1.165) is 0 Å². The molecule has 0 spiro atoms. The van der Waals surface area contributed by atoms with E-state index in [1.807, 2.05) is 0 Å². The maximum Gasteiger partial charge on any atom is 0.408 e. The van der Waals surface area contributed by atoms with Gasteiger partial charge in [-0.15, -0.1) is 0 Å². The summed E-state index contributed by atoms with van der Waals surface area (Å²) in [6.45, 7) is 18.4. The van der Waals surface area contributed by atoms with Gasteiger partial charge in [0.1, 0.15) is 0 Å². The van der Waals surface area contributed by atoms with Crippen molar-refractivity contribution in [2.24, 2.45) is 5.41 Å². The van der Waals surface area contributed by atoms with Crippen LogP contribution in [-0.4, -0.2) is 43.1 Å². The van der Waals surface area contributed by atoms with Crippen LogP contribution in [0.3, 0.4) is 0 Å². The number of carbonyl (C=O) groups is 1. The van der Waals surface area contributed by atoms with Gasteiger partial charge < -0.3 is 9.53 Å². The van der Waals surface area contributed by atoms with Gasteiger partial charge in [0.25, 0.3) is 0 Å². The lowest BCUT2D eigenvalue weighted by Crippen LogP contribution is -2.48. The maximum absolute atomic E-state index is 11.2. The number of carboxylic acid groups (broad SMARTS) is 1. The molecule has 0 aliphatic carbocycles. The molecule has 1 aliphatic rings. The van der Waals surface area contributed by atoms with Crippen LogP contribution in [0.2, 0.25) is 18.1 Å². The smallest absolute Gasteiger partial charge is 0.408 e. The van der Waals surface area contributed by atoms with Crippen molar-refractivity contribution in [1.29, 1.82) is 0 Å². The second-order valence-corrected chi connectivity index (χ2v) is 13.0. The third kappa shape index (κ3) is 2.97. The van der Waals surface area contributed by atoms with Crippen LogP contribution in [-0.2, 0) is 4.43 Å². The third-order valence-corrected chi connectivity index (χ3v) is 9.42. The number of nitrogens with zero attached hydrogens (tertiary/aromatic N) is 1. The molecule has 112 valence electrons. The molecule has 1 rings (SSSR count). The summed E-state index contributed by atoms with van der Waals surface area (Å²) < 4.78 is 6.26. The van der Waals surface area contributed by atoms with Gasteiger partial charge in [0.05, 0.1) is 18.7 Å². The van der Waals surface area contributed by atoms with Gasteiger partial charge in [-0.1, -0.05) is 41.5 Å². The van der Waals surface area contributed by atoms with Crippen molar-refractivity contribution in [3.05, 3.63) is 0 Å². The highest BCUT2D eigenvalue weighted by molar-refractivity contribution is 6.74. The summed E-state index contributed by atoms with van der Waals surface area (Å²) in [5.41, 5.74) is -0.456. The minimum atomic E-state index is -1.84. The molecular weight excluding hydrogens is 258 g/mol. The Morgan fingerprint density at radius 2 is 1.74 bits per heavy atom. The Labute approximate surface area is 118 Å². The van der Waals surface area contributed by atoms with Crippen molar-refractivity contribution in [1.82, 2.24) is 4.90 Å². The van der Waals surface area contributed by atoms with Crippen LogP contribution in [0.25, 0.3) is 0 Å². The highest BCUT2D eigenvalue weighted by Gasteiger charge is 2.63. The first kappa shape index (κ1) is 16.5. The molecule has 1 N–H and O–H groups in total. The molecule has 1 atom stereocenters. The van der Waals surface area contributed by atoms with Crippen LogP contribution in [0.15, 0.2) is 0 Å². The Balaban J connectivity index is 2.82. The van der Waals surface area contributed by atoms with Crippen LogP contribution < -0.4 is 0 Å². The normalized spacial score (nSPS) is 24.5. The minimum absolute atomic E-state index is 0.103. The molecule has 0 aromatic rings. The van der Waals surface area contributed by atoms with Crippen LogP contribution >= 0.6 is 0 Å². The van der Waals surface area contributed by atoms with Crippen molar-refractivity contribution < 1.29 is 14.3 Å². The molecule has 0 saturated carbocycles. The van der Waals surface area contributed by atoms with E-state index in [1.165, 1.54) is 4.90 Å². The largest absolute Gasteiger partial charge is 0.465 e. The molecule has 1 saturated heterocycles. The highest BCUT2D eigenvalue weighted by Crippen LogP contribution is 2.48. The van der Waals surface area contributed by atoms with Gasteiger partial charge in [-0.25, -0.2) is 4.79 Å². The van der Waals surface area contributed by atoms with Gasteiger partial charge >= 0.3 is 6.09 Å². The van der Waals surface area contributed by atoms with Gasteiger partial charge in [-0.3, -0.25) is 4.90 Å². The van der Waals surface area contributed by atoms with E-state index in [0.29, 0.717) is 13.2 Å². The first-order chi connectivity index (χ1) is 8.25. The van der Waals surface area contributed by atoms with Crippen molar-refractivity contribution in [2.75, 3.05) is 13.2 Å². The molecule has 1 fully saturated rings.